The van der Waals surface area contributed by atoms with E-state index in [1.807, 2.05) is 58.8 Å². The first-order valence-corrected chi connectivity index (χ1v) is 6.32. The lowest BCUT2D eigenvalue weighted by molar-refractivity contribution is 0.127. The number of hydrogen-bond donors (Lipinski definition) is 1. The predicted octanol–water partition coefficient (Wildman–Crippen LogP) is 3.21. The molecule has 3 nitrogen and oxygen atoms in total. The zero-order valence-electron chi connectivity index (χ0n) is 12.2. The molecule has 3 heteroatoms. The maximum Gasteiger partial charge on any atom is 0.0907 e. The quantitative estimate of drug-likeness (QED) is 0.656. The van der Waals surface area contributed by atoms with Gasteiger partial charge in [0.05, 0.1) is 18.1 Å². The number of aliphatic hydroxyl groups is 1. The second-order valence-electron chi connectivity index (χ2n) is 5.40. The van der Waals surface area contributed by atoms with Gasteiger partial charge in [-0.3, -0.25) is 0 Å². The smallest absolute Gasteiger partial charge is 0.0907 e. The Kier molecular flexibility index (Phi) is 4.91. The molecule has 0 amide bonds. The number of rotatable bonds is 4. The summed E-state index contributed by atoms with van der Waals surface area (Å²) in [6, 6.07) is 4.06. The van der Waals surface area contributed by atoms with E-state index in [4.69, 9.17) is 0 Å². The van der Waals surface area contributed by atoms with E-state index in [1.165, 1.54) is 0 Å². The van der Waals surface area contributed by atoms with Crippen molar-refractivity contribution in [3.63, 3.8) is 0 Å². The minimum absolute atomic E-state index is 0.222. The van der Waals surface area contributed by atoms with Crippen molar-refractivity contribution in [2.75, 3.05) is 14.1 Å². The Morgan fingerprint density at radius 3 is 2.06 bits per heavy atom. The summed E-state index contributed by atoms with van der Waals surface area (Å²) < 4.78 is 0. The summed E-state index contributed by atoms with van der Waals surface area (Å²) in [5.41, 5.74) is 4.16. The average molecular weight is 248 g/mol. The Labute approximate surface area is 110 Å². The minimum atomic E-state index is -0.408. The first-order chi connectivity index (χ1) is 8.32. The van der Waals surface area contributed by atoms with Crippen LogP contribution in [0.1, 0.15) is 36.6 Å². The molecule has 1 N–H and O–H groups in total. The van der Waals surface area contributed by atoms with Gasteiger partial charge in [-0.1, -0.05) is 26.0 Å². The first kappa shape index (κ1) is 14.7. The monoisotopic (exact) mass is 248 g/mol. The molecule has 0 aliphatic carbocycles. The third-order valence-corrected chi connectivity index (χ3v) is 2.90. The fourth-order valence-corrected chi connectivity index (χ4v) is 1.92. The van der Waals surface area contributed by atoms with Gasteiger partial charge in [0, 0.05) is 14.1 Å². The number of aryl methyl sites for hydroxylation is 2. The van der Waals surface area contributed by atoms with Gasteiger partial charge in [-0.15, -0.1) is 0 Å². The molecule has 0 aromatic heterocycles. The van der Waals surface area contributed by atoms with Crippen molar-refractivity contribution in [1.29, 1.82) is 0 Å². The second kappa shape index (κ2) is 6.01. The van der Waals surface area contributed by atoms with Crippen LogP contribution in [0.25, 0.3) is 0 Å². The predicted molar refractivity (Wildman–Crippen MR) is 77.6 cm³/mol. The fourth-order valence-electron chi connectivity index (χ4n) is 1.92. The molecule has 1 aromatic rings. The molecule has 100 valence electrons. The van der Waals surface area contributed by atoms with E-state index in [2.05, 4.69) is 4.99 Å². The molecule has 0 aliphatic heterocycles. The van der Waals surface area contributed by atoms with Crippen LogP contribution in [0.2, 0.25) is 0 Å². The summed E-state index contributed by atoms with van der Waals surface area (Å²) in [5, 5.41) is 10.1. The molecule has 18 heavy (non-hydrogen) atoms. The summed E-state index contributed by atoms with van der Waals surface area (Å²) in [4.78, 5) is 6.38. The van der Waals surface area contributed by atoms with Crippen LogP contribution >= 0.6 is 0 Å². The van der Waals surface area contributed by atoms with Crippen LogP contribution in [0, 0.1) is 19.8 Å². The Morgan fingerprint density at radius 1 is 1.17 bits per heavy atom. The molecule has 0 heterocycles. The lowest BCUT2D eigenvalue weighted by Crippen LogP contribution is -2.08. The molecule has 0 saturated heterocycles. The van der Waals surface area contributed by atoms with Crippen LogP contribution in [-0.2, 0) is 0 Å². The van der Waals surface area contributed by atoms with Gasteiger partial charge in [0.2, 0.25) is 0 Å². The van der Waals surface area contributed by atoms with Crippen molar-refractivity contribution in [2.45, 2.75) is 33.8 Å². The van der Waals surface area contributed by atoms with Crippen LogP contribution in [0.5, 0.6) is 0 Å². The van der Waals surface area contributed by atoms with Gasteiger partial charge >= 0.3 is 0 Å². The lowest BCUT2D eigenvalue weighted by Gasteiger charge is -2.17. The van der Waals surface area contributed by atoms with Gasteiger partial charge < -0.3 is 10.0 Å². The van der Waals surface area contributed by atoms with E-state index < -0.39 is 6.10 Å². The highest BCUT2D eigenvalue weighted by Crippen LogP contribution is 2.30. The van der Waals surface area contributed by atoms with E-state index in [0.29, 0.717) is 0 Å². The van der Waals surface area contributed by atoms with E-state index in [9.17, 15) is 5.11 Å². The van der Waals surface area contributed by atoms with E-state index in [0.717, 1.165) is 22.4 Å². The van der Waals surface area contributed by atoms with Gasteiger partial charge in [-0.05, 0) is 36.5 Å². The van der Waals surface area contributed by atoms with E-state index in [-0.39, 0.29) is 5.92 Å². The third-order valence-electron chi connectivity index (χ3n) is 2.90. The number of aliphatic imine (C=N–C) groups is 1. The Morgan fingerprint density at radius 2 is 1.67 bits per heavy atom. The number of benzene rings is 1. The van der Waals surface area contributed by atoms with Crippen molar-refractivity contribution in [3.05, 3.63) is 28.8 Å². The van der Waals surface area contributed by atoms with Crippen LogP contribution in [0.3, 0.4) is 0 Å². The standard InChI is InChI=1S/C15H24N2O/c1-10(2)15(18)13-7-11(3)14(12(4)8-13)16-9-17(5)6/h7-10,15,18H,1-6H3/b16-9+. The van der Waals surface area contributed by atoms with Gasteiger partial charge in [-0.25, -0.2) is 4.99 Å². The van der Waals surface area contributed by atoms with E-state index >= 15 is 0 Å². The van der Waals surface area contributed by atoms with E-state index in [1.54, 1.807) is 6.34 Å². The molecule has 1 aromatic carbocycles. The maximum absolute atomic E-state index is 10.1. The topological polar surface area (TPSA) is 35.8 Å². The number of hydrogen-bond acceptors (Lipinski definition) is 2. The highest BCUT2D eigenvalue weighted by atomic mass is 16.3. The Balaban J connectivity index is 3.12. The molecule has 0 saturated carbocycles. The molecule has 1 atom stereocenters. The summed E-state index contributed by atoms with van der Waals surface area (Å²) in [6.07, 6.45) is 1.39. The lowest BCUT2D eigenvalue weighted by atomic mass is 9.95. The molecule has 0 fully saturated rings. The molecule has 0 bridgehead atoms. The highest BCUT2D eigenvalue weighted by molar-refractivity contribution is 5.65. The average Bonchev–Trinajstić information content (AvgIpc) is 2.26. The Hall–Kier alpha value is -1.35. The van der Waals surface area contributed by atoms with Crippen LogP contribution in [0.15, 0.2) is 17.1 Å². The maximum atomic E-state index is 10.1. The summed E-state index contributed by atoms with van der Waals surface area (Å²) >= 11 is 0. The first-order valence-electron chi connectivity index (χ1n) is 6.32. The molecular formula is C15H24N2O. The third kappa shape index (κ3) is 3.57. The number of nitrogens with zero attached hydrogens (tertiary/aromatic N) is 2. The largest absolute Gasteiger partial charge is 0.388 e. The molecule has 0 aliphatic rings. The van der Waals surface area contributed by atoms with Crippen molar-refractivity contribution < 1.29 is 5.11 Å². The molecular weight excluding hydrogens is 224 g/mol. The van der Waals surface area contributed by atoms with Crippen molar-refractivity contribution in [3.8, 4) is 0 Å². The minimum Gasteiger partial charge on any atom is -0.388 e. The zero-order valence-corrected chi connectivity index (χ0v) is 12.2. The molecule has 0 radical (unpaired) electrons. The van der Waals surface area contributed by atoms with Gasteiger partial charge in [-0.2, -0.15) is 0 Å². The van der Waals surface area contributed by atoms with Gasteiger partial charge in [0.15, 0.2) is 0 Å². The van der Waals surface area contributed by atoms with Crippen molar-refractivity contribution >= 4 is 12.0 Å². The van der Waals surface area contributed by atoms with Crippen LogP contribution in [0.4, 0.5) is 5.69 Å². The van der Waals surface area contributed by atoms with Gasteiger partial charge in [0.1, 0.15) is 0 Å². The highest BCUT2D eigenvalue weighted by Gasteiger charge is 2.14. The van der Waals surface area contributed by atoms with Crippen LogP contribution < -0.4 is 0 Å². The normalized spacial score (nSPS) is 13.3. The van der Waals surface area contributed by atoms with Crippen molar-refractivity contribution in [1.82, 2.24) is 4.90 Å². The van der Waals surface area contributed by atoms with Crippen molar-refractivity contribution in [2.24, 2.45) is 10.9 Å². The summed E-state index contributed by atoms with van der Waals surface area (Å²) in [5.74, 6) is 0.222. The fraction of sp³-hybridized carbons (Fsp3) is 0.533. The SMILES string of the molecule is Cc1cc(C(O)C(C)C)cc(C)c1/N=C/N(C)C. The molecule has 1 rings (SSSR count). The summed E-state index contributed by atoms with van der Waals surface area (Å²) in [6.45, 7) is 8.11. The second-order valence-corrected chi connectivity index (χ2v) is 5.40. The Bertz CT molecular complexity index is 413. The zero-order chi connectivity index (χ0) is 13.9. The number of aliphatic hydroxyl groups excluding tert-OH is 1. The van der Waals surface area contributed by atoms with Crippen LogP contribution in [-0.4, -0.2) is 30.4 Å². The molecule has 0 spiro atoms. The molecule has 1 unspecified atom stereocenters. The summed E-state index contributed by atoms with van der Waals surface area (Å²) in [7, 11) is 3.90. The van der Waals surface area contributed by atoms with Gasteiger partial charge in [0.25, 0.3) is 0 Å².